The van der Waals surface area contributed by atoms with Gasteiger partial charge in [0.25, 0.3) is 0 Å². The summed E-state index contributed by atoms with van der Waals surface area (Å²) in [6.45, 7) is 7.83. The van der Waals surface area contributed by atoms with Gasteiger partial charge in [0.15, 0.2) is 0 Å². The fourth-order valence-corrected chi connectivity index (χ4v) is 0.943. The summed E-state index contributed by atoms with van der Waals surface area (Å²) in [5, 5.41) is 3.88. The molecule has 1 amide bonds. The zero-order valence-electron chi connectivity index (χ0n) is 8.59. The minimum atomic E-state index is -0.477. The van der Waals surface area contributed by atoms with Crippen LogP contribution in [0.3, 0.4) is 0 Å². The fraction of sp³-hybridized carbons (Fsp3) is 0.600. The minimum Gasteiger partial charge on any atom is -0.272 e. The Morgan fingerprint density at radius 2 is 1.85 bits per heavy atom. The van der Waals surface area contributed by atoms with E-state index in [1.165, 1.54) is 0 Å². The molecule has 0 bridgehead atoms. The van der Waals surface area contributed by atoms with Gasteiger partial charge in [0.05, 0.1) is 5.41 Å². The Hall–Kier alpha value is -1.12. The van der Waals surface area contributed by atoms with Crippen molar-refractivity contribution in [2.45, 2.75) is 27.7 Å². The number of hydrogen-bond acceptors (Lipinski definition) is 2. The van der Waals surface area contributed by atoms with Gasteiger partial charge in [-0.3, -0.25) is 4.79 Å². The first-order valence-electron chi connectivity index (χ1n) is 4.39. The molecule has 0 atom stereocenters. The third-order valence-corrected chi connectivity index (χ3v) is 2.08. The monoisotopic (exact) mass is 180 g/mol. The normalized spacial score (nSPS) is 29.7. The lowest BCUT2D eigenvalue weighted by Crippen LogP contribution is -2.34. The molecule has 1 aliphatic rings. The molecule has 3 nitrogen and oxygen atoms in total. The number of rotatable bonds is 0. The summed E-state index contributed by atoms with van der Waals surface area (Å²) in [5.41, 5.74) is 1.94. The summed E-state index contributed by atoms with van der Waals surface area (Å²) >= 11 is 0. The first-order valence-corrected chi connectivity index (χ1v) is 4.39. The van der Waals surface area contributed by atoms with Crippen molar-refractivity contribution in [3.05, 3.63) is 12.2 Å². The van der Waals surface area contributed by atoms with E-state index in [2.05, 4.69) is 10.5 Å². The molecular formula is C10H16N2O. The van der Waals surface area contributed by atoms with E-state index in [0.29, 0.717) is 0 Å². The van der Waals surface area contributed by atoms with Crippen LogP contribution in [0.1, 0.15) is 27.7 Å². The van der Waals surface area contributed by atoms with E-state index in [4.69, 9.17) is 0 Å². The average molecular weight is 180 g/mol. The lowest BCUT2D eigenvalue weighted by Gasteiger charge is -2.23. The first-order chi connectivity index (χ1) is 5.83. The van der Waals surface area contributed by atoms with Gasteiger partial charge >= 0.3 is 0 Å². The number of allylic oxidation sites excluding steroid dienone is 1. The molecule has 0 radical (unpaired) electrons. The van der Waals surface area contributed by atoms with Gasteiger partial charge in [0.2, 0.25) is 5.91 Å². The predicted octanol–water partition coefficient (Wildman–Crippen LogP) is 1.71. The minimum absolute atomic E-state index is 0.0736. The molecule has 0 saturated carbocycles. The van der Waals surface area contributed by atoms with E-state index >= 15 is 0 Å². The Bertz CT molecular complexity index is 275. The predicted molar refractivity (Wildman–Crippen MR) is 53.3 cm³/mol. The van der Waals surface area contributed by atoms with Crippen molar-refractivity contribution >= 4 is 12.1 Å². The highest BCUT2D eigenvalue weighted by Crippen LogP contribution is 2.23. The van der Waals surface area contributed by atoms with Crippen molar-refractivity contribution in [2.24, 2.45) is 15.9 Å². The number of nitrogens with one attached hydrogen (secondary N) is 1. The largest absolute Gasteiger partial charge is 0.272 e. The van der Waals surface area contributed by atoms with Crippen molar-refractivity contribution in [3.8, 4) is 0 Å². The second-order valence-corrected chi connectivity index (χ2v) is 4.58. The summed E-state index contributed by atoms with van der Waals surface area (Å²) in [7, 11) is 0. The Balaban J connectivity index is 2.98. The van der Waals surface area contributed by atoms with Crippen LogP contribution < -0.4 is 5.43 Å². The molecule has 3 heteroatoms. The number of hydrazone groups is 1. The van der Waals surface area contributed by atoms with Crippen LogP contribution in [0, 0.1) is 10.8 Å². The Morgan fingerprint density at radius 1 is 1.23 bits per heavy atom. The van der Waals surface area contributed by atoms with Gasteiger partial charge in [0, 0.05) is 11.6 Å². The van der Waals surface area contributed by atoms with E-state index in [1.807, 2.05) is 39.8 Å². The fourth-order valence-electron chi connectivity index (χ4n) is 0.943. The highest BCUT2D eigenvalue weighted by atomic mass is 16.2. The molecule has 72 valence electrons. The Labute approximate surface area is 78.9 Å². The van der Waals surface area contributed by atoms with E-state index in [1.54, 1.807) is 6.21 Å². The maximum atomic E-state index is 11.4. The second kappa shape index (κ2) is 2.98. The molecule has 0 aromatic rings. The molecule has 0 fully saturated rings. The topological polar surface area (TPSA) is 41.5 Å². The molecule has 1 aliphatic heterocycles. The summed E-state index contributed by atoms with van der Waals surface area (Å²) in [6.07, 6.45) is 5.67. The quantitative estimate of drug-likeness (QED) is 0.566. The maximum absolute atomic E-state index is 11.4. The van der Waals surface area contributed by atoms with Crippen molar-refractivity contribution in [1.29, 1.82) is 0 Å². The van der Waals surface area contributed by atoms with Crippen LogP contribution >= 0.6 is 0 Å². The Morgan fingerprint density at radius 3 is 2.46 bits per heavy atom. The lowest BCUT2D eigenvalue weighted by atomic mass is 9.86. The SMILES string of the molecule is CC1(C)/C=C\C(C)(C)C(=O)N/N=C\1. The lowest BCUT2D eigenvalue weighted by molar-refractivity contribution is -0.127. The molecule has 0 saturated heterocycles. The van der Waals surface area contributed by atoms with Crippen molar-refractivity contribution in [3.63, 3.8) is 0 Å². The molecule has 13 heavy (non-hydrogen) atoms. The second-order valence-electron chi connectivity index (χ2n) is 4.58. The highest BCUT2D eigenvalue weighted by Gasteiger charge is 2.26. The van der Waals surface area contributed by atoms with Gasteiger partial charge in [-0.05, 0) is 13.8 Å². The van der Waals surface area contributed by atoms with Crippen LogP contribution in [0.15, 0.2) is 17.3 Å². The number of hydrogen-bond donors (Lipinski definition) is 1. The van der Waals surface area contributed by atoms with E-state index in [0.717, 1.165) is 0 Å². The molecule has 0 spiro atoms. The van der Waals surface area contributed by atoms with Crippen molar-refractivity contribution in [1.82, 2.24) is 5.43 Å². The number of carbonyl (C=O) groups excluding carboxylic acids is 1. The van der Waals surface area contributed by atoms with Gasteiger partial charge in [-0.15, -0.1) is 0 Å². The molecule has 1 N–H and O–H groups in total. The van der Waals surface area contributed by atoms with Gasteiger partial charge < -0.3 is 0 Å². The number of nitrogens with zero attached hydrogens (tertiary/aromatic N) is 1. The van der Waals surface area contributed by atoms with Crippen molar-refractivity contribution in [2.75, 3.05) is 0 Å². The van der Waals surface area contributed by atoms with Crippen molar-refractivity contribution < 1.29 is 4.79 Å². The van der Waals surface area contributed by atoms with Gasteiger partial charge in [-0.2, -0.15) is 5.10 Å². The van der Waals surface area contributed by atoms with Crippen LogP contribution in [0.5, 0.6) is 0 Å². The molecule has 0 unspecified atom stereocenters. The first kappa shape index (κ1) is 9.96. The zero-order valence-corrected chi connectivity index (χ0v) is 8.59. The van der Waals surface area contributed by atoms with Crippen LogP contribution in [-0.4, -0.2) is 12.1 Å². The van der Waals surface area contributed by atoms with Crippen LogP contribution in [0.4, 0.5) is 0 Å². The number of amides is 1. The molecule has 1 heterocycles. The van der Waals surface area contributed by atoms with Gasteiger partial charge in [-0.25, -0.2) is 5.43 Å². The zero-order chi connectivity index (χ0) is 10.1. The van der Waals surface area contributed by atoms with E-state index in [9.17, 15) is 4.79 Å². The molecule has 0 aliphatic carbocycles. The summed E-state index contributed by atoms with van der Waals surface area (Å²) in [6, 6.07) is 0. The van der Waals surface area contributed by atoms with E-state index in [-0.39, 0.29) is 11.3 Å². The third-order valence-electron chi connectivity index (χ3n) is 2.08. The standard InChI is InChI=1S/C10H16N2O/c1-9(2)5-6-10(3,4)8(13)12-11-7-9/h5-7H,1-4H3,(H,12,13)/b6-5-,11-7-. The van der Waals surface area contributed by atoms with E-state index < -0.39 is 5.41 Å². The average Bonchev–Trinajstić information content (AvgIpc) is 2.00. The molecular weight excluding hydrogens is 164 g/mol. The highest BCUT2D eigenvalue weighted by molar-refractivity contribution is 5.85. The third kappa shape index (κ3) is 2.41. The van der Waals surface area contributed by atoms with Gasteiger partial charge in [0.1, 0.15) is 0 Å². The molecule has 0 aromatic heterocycles. The summed E-state index contributed by atoms with van der Waals surface area (Å²) in [5.74, 6) is -0.0736. The number of carbonyl (C=O) groups is 1. The van der Waals surface area contributed by atoms with Gasteiger partial charge in [-0.1, -0.05) is 26.0 Å². The summed E-state index contributed by atoms with van der Waals surface area (Å²) < 4.78 is 0. The summed E-state index contributed by atoms with van der Waals surface area (Å²) in [4.78, 5) is 11.4. The Kier molecular flexibility index (Phi) is 2.28. The van der Waals surface area contributed by atoms with Crippen LogP contribution in [0.2, 0.25) is 0 Å². The smallest absolute Gasteiger partial charge is 0.249 e. The van der Waals surface area contributed by atoms with Crippen LogP contribution in [-0.2, 0) is 4.79 Å². The maximum Gasteiger partial charge on any atom is 0.249 e. The molecule has 0 aromatic carbocycles. The molecule has 1 rings (SSSR count). The van der Waals surface area contributed by atoms with Crippen LogP contribution in [0.25, 0.3) is 0 Å².